The van der Waals surface area contributed by atoms with Crippen LogP contribution < -0.4 is 4.74 Å². The van der Waals surface area contributed by atoms with E-state index in [4.69, 9.17) is 4.74 Å². The van der Waals surface area contributed by atoms with Gasteiger partial charge in [0.05, 0.1) is 7.11 Å². The van der Waals surface area contributed by atoms with E-state index in [0.717, 1.165) is 5.75 Å². The summed E-state index contributed by atoms with van der Waals surface area (Å²) in [5.74, 6) is 1.88. The maximum Gasteiger partial charge on any atom is 0.118 e. The number of methoxy groups -OCH3 is 1. The van der Waals surface area contributed by atoms with Crippen LogP contribution in [-0.4, -0.2) is 17.1 Å². The Hall–Kier alpha value is -1.09. The number of ether oxygens (including phenoxy) is 1. The summed E-state index contributed by atoms with van der Waals surface area (Å²) in [6, 6.07) is 7.92. The monoisotopic (exact) mass is 208 g/mol. The highest BCUT2D eigenvalue weighted by molar-refractivity contribution is 7.88. The summed E-state index contributed by atoms with van der Waals surface area (Å²) in [6.45, 7) is 0. The van der Waals surface area contributed by atoms with Crippen LogP contribution in [0.15, 0.2) is 35.7 Å². The molecule has 0 aromatic heterocycles. The standard InChI is InChI=1S/C11H12O2S/c1-13-11-4-2-9(3-5-11)10-6-7-14(12)8-10/h2-7,10H,8H2,1H3/t10-,14?/m0/s1. The second-order valence-corrected chi connectivity index (χ2v) is 4.62. The molecule has 0 aliphatic carbocycles. The van der Waals surface area contributed by atoms with Crippen LogP contribution in [0.4, 0.5) is 0 Å². The summed E-state index contributed by atoms with van der Waals surface area (Å²) >= 11 is 0. The summed E-state index contributed by atoms with van der Waals surface area (Å²) in [5.41, 5.74) is 1.20. The zero-order valence-corrected chi connectivity index (χ0v) is 8.79. The summed E-state index contributed by atoms with van der Waals surface area (Å²) in [4.78, 5) is 0. The van der Waals surface area contributed by atoms with E-state index >= 15 is 0 Å². The minimum atomic E-state index is -0.772. The maximum absolute atomic E-state index is 11.1. The average molecular weight is 208 g/mol. The lowest BCUT2D eigenvalue weighted by Gasteiger charge is -2.07. The van der Waals surface area contributed by atoms with Crippen LogP contribution in [0.1, 0.15) is 11.5 Å². The predicted molar refractivity (Wildman–Crippen MR) is 57.9 cm³/mol. The molecule has 2 nitrogen and oxygen atoms in total. The smallest absolute Gasteiger partial charge is 0.118 e. The van der Waals surface area contributed by atoms with Gasteiger partial charge < -0.3 is 4.74 Å². The molecule has 0 amide bonds. The minimum Gasteiger partial charge on any atom is -0.497 e. The summed E-state index contributed by atoms with van der Waals surface area (Å²) < 4.78 is 16.2. The normalized spacial score (nSPS) is 25.2. The number of hydrogen-bond acceptors (Lipinski definition) is 2. The molecule has 1 aliphatic rings. The SMILES string of the molecule is COc1ccc([C@H]2C=CS(=O)C2)cc1. The van der Waals surface area contributed by atoms with E-state index in [-0.39, 0.29) is 0 Å². The van der Waals surface area contributed by atoms with E-state index in [0.29, 0.717) is 11.7 Å². The first-order chi connectivity index (χ1) is 6.79. The van der Waals surface area contributed by atoms with Gasteiger partial charge in [0, 0.05) is 22.5 Å². The van der Waals surface area contributed by atoms with Gasteiger partial charge in [-0.3, -0.25) is 4.21 Å². The van der Waals surface area contributed by atoms with Crippen molar-refractivity contribution in [3.05, 3.63) is 41.3 Å². The van der Waals surface area contributed by atoms with Gasteiger partial charge in [0.25, 0.3) is 0 Å². The Bertz CT molecular complexity index is 367. The lowest BCUT2D eigenvalue weighted by molar-refractivity contribution is 0.414. The molecule has 3 heteroatoms. The second kappa shape index (κ2) is 3.96. The van der Waals surface area contributed by atoms with Crippen molar-refractivity contribution in [2.45, 2.75) is 5.92 Å². The van der Waals surface area contributed by atoms with E-state index in [2.05, 4.69) is 0 Å². The highest BCUT2D eigenvalue weighted by atomic mass is 32.2. The molecule has 1 unspecified atom stereocenters. The van der Waals surface area contributed by atoms with Crippen LogP contribution in [0.2, 0.25) is 0 Å². The Morgan fingerprint density at radius 3 is 2.57 bits per heavy atom. The Morgan fingerprint density at radius 2 is 2.07 bits per heavy atom. The predicted octanol–water partition coefficient (Wildman–Crippen LogP) is 2.05. The van der Waals surface area contributed by atoms with Crippen molar-refractivity contribution in [1.29, 1.82) is 0 Å². The number of rotatable bonds is 2. The molecule has 0 N–H and O–H groups in total. The highest BCUT2D eigenvalue weighted by Gasteiger charge is 2.16. The average Bonchev–Trinajstić information content (AvgIpc) is 2.65. The van der Waals surface area contributed by atoms with E-state index in [1.165, 1.54) is 5.56 Å². The fourth-order valence-corrected chi connectivity index (χ4v) is 2.66. The van der Waals surface area contributed by atoms with Gasteiger partial charge in [0.15, 0.2) is 0 Å². The van der Waals surface area contributed by atoms with Crippen molar-refractivity contribution in [2.24, 2.45) is 0 Å². The van der Waals surface area contributed by atoms with Crippen molar-refractivity contribution in [2.75, 3.05) is 12.9 Å². The van der Waals surface area contributed by atoms with Crippen LogP contribution in [0.3, 0.4) is 0 Å². The van der Waals surface area contributed by atoms with Crippen molar-refractivity contribution < 1.29 is 8.95 Å². The van der Waals surface area contributed by atoms with Gasteiger partial charge in [-0.05, 0) is 23.1 Å². The Kier molecular flexibility index (Phi) is 2.68. The van der Waals surface area contributed by atoms with Crippen LogP contribution in [-0.2, 0) is 10.8 Å². The molecule has 0 radical (unpaired) electrons. The molecule has 1 aromatic rings. The number of benzene rings is 1. The summed E-state index contributed by atoms with van der Waals surface area (Å²) in [6.07, 6.45) is 2.01. The zero-order valence-electron chi connectivity index (χ0n) is 7.97. The largest absolute Gasteiger partial charge is 0.497 e. The van der Waals surface area contributed by atoms with Gasteiger partial charge in [-0.1, -0.05) is 18.2 Å². The number of hydrogen-bond donors (Lipinski definition) is 0. The second-order valence-electron chi connectivity index (χ2n) is 3.26. The molecule has 2 rings (SSSR count). The molecule has 0 saturated carbocycles. The molecule has 1 heterocycles. The van der Waals surface area contributed by atoms with Gasteiger partial charge in [0.1, 0.15) is 5.75 Å². The first-order valence-corrected chi connectivity index (χ1v) is 5.87. The van der Waals surface area contributed by atoms with Crippen molar-refractivity contribution in [3.8, 4) is 5.75 Å². The molecule has 1 aliphatic heterocycles. The Labute approximate surface area is 86.0 Å². The van der Waals surface area contributed by atoms with Crippen LogP contribution >= 0.6 is 0 Å². The first-order valence-electron chi connectivity index (χ1n) is 4.49. The molecule has 0 fully saturated rings. The van der Waals surface area contributed by atoms with Crippen LogP contribution in [0.5, 0.6) is 5.75 Å². The third kappa shape index (κ3) is 1.87. The lowest BCUT2D eigenvalue weighted by Crippen LogP contribution is -1.99. The van der Waals surface area contributed by atoms with Gasteiger partial charge in [-0.15, -0.1) is 0 Å². The number of allylic oxidation sites excluding steroid dienone is 1. The van der Waals surface area contributed by atoms with Gasteiger partial charge in [-0.2, -0.15) is 0 Å². The van der Waals surface area contributed by atoms with Gasteiger partial charge in [-0.25, -0.2) is 0 Å². The Balaban J connectivity index is 2.17. The van der Waals surface area contributed by atoms with E-state index < -0.39 is 10.8 Å². The van der Waals surface area contributed by atoms with E-state index in [9.17, 15) is 4.21 Å². The van der Waals surface area contributed by atoms with Crippen molar-refractivity contribution in [3.63, 3.8) is 0 Å². The minimum absolute atomic E-state index is 0.307. The van der Waals surface area contributed by atoms with Gasteiger partial charge >= 0.3 is 0 Å². The lowest BCUT2D eigenvalue weighted by atomic mass is 10.0. The molecule has 74 valence electrons. The van der Waals surface area contributed by atoms with Crippen LogP contribution in [0.25, 0.3) is 0 Å². The Morgan fingerprint density at radius 1 is 1.36 bits per heavy atom. The molecular formula is C11H12O2S. The van der Waals surface area contributed by atoms with E-state index in [1.54, 1.807) is 12.5 Å². The quantitative estimate of drug-likeness (QED) is 0.743. The summed E-state index contributed by atoms with van der Waals surface area (Å²) in [5, 5.41) is 1.77. The maximum atomic E-state index is 11.1. The van der Waals surface area contributed by atoms with Crippen molar-refractivity contribution >= 4 is 10.8 Å². The fraction of sp³-hybridized carbons (Fsp3) is 0.273. The van der Waals surface area contributed by atoms with Crippen LogP contribution in [0, 0.1) is 0 Å². The summed E-state index contributed by atoms with van der Waals surface area (Å²) in [7, 11) is 0.880. The fourth-order valence-electron chi connectivity index (χ4n) is 1.53. The first kappa shape index (κ1) is 9.46. The van der Waals surface area contributed by atoms with Crippen molar-refractivity contribution in [1.82, 2.24) is 0 Å². The molecular weight excluding hydrogens is 196 g/mol. The molecule has 0 bridgehead atoms. The zero-order chi connectivity index (χ0) is 9.97. The molecule has 14 heavy (non-hydrogen) atoms. The van der Waals surface area contributed by atoms with Gasteiger partial charge in [0.2, 0.25) is 0 Å². The third-order valence-electron chi connectivity index (χ3n) is 2.35. The van der Waals surface area contributed by atoms with E-state index in [1.807, 2.05) is 30.3 Å². The molecule has 0 spiro atoms. The highest BCUT2D eigenvalue weighted by Crippen LogP contribution is 2.25. The third-order valence-corrected chi connectivity index (χ3v) is 3.50. The molecule has 0 saturated heterocycles. The topological polar surface area (TPSA) is 26.3 Å². The molecule has 2 atom stereocenters. The molecule has 1 aromatic carbocycles.